The normalized spacial score (nSPS) is 15.1. The number of rotatable bonds is 8. The van der Waals surface area contributed by atoms with Crippen molar-refractivity contribution in [3.05, 3.63) is 23.9 Å². The molecule has 0 atom stereocenters. The van der Waals surface area contributed by atoms with Gasteiger partial charge < -0.3 is 30.4 Å². The minimum atomic E-state index is -0.531. The van der Waals surface area contributed by atoms with E-state index in [0.717, 1.165) is 13.1 Å². The number of H-pyrrole nitrogens is 1. The number of fused-ring (bicyclic) bond motifs is 1. The molecule has 1 aromatic heterocycles. The largest absolute Gasteiger partial charge is 0.497 e. The average Bonchev–Trinajstić information content (AvgIpc) is 3.10. The van der Waals surface area contributed by atoms with Crippen LogP contribution in [-0.2, 0) is 14.3 Å². The molecule has 0 aliphatic carbocycles. The first-order valence-corrected chi connectivity index (χ1v) is 10.1. The topological polar surface area (TPSA) is 127 Å². The van der Waals surface area contributed by atoms with Crippen LogP contribution in [-0.4, -0.2) is 61.0 Å². The molecule has 2 heterocycles. The lowest BCUT2D eigenvalue weighted by atomic mass is 9.96. The molecular weight excluding hydrogens is 388 g/mol. The van der Waals surface area contributed by atoms with Gasteiger partial charge in [-0.1, -0.05) is 0 Å². The molecule has 0 unspecified atom stereocenters. The van der Waals surface area contributed by atoms with Crippen molar-refractivity contribution in [2.24, 2.45) is 11.7 Å². The maximum absolute atomic E-state index is 12.6. The highest BCUT2D eigenvalue weighted by Gasteiger charge is 2.24. The van der Waals surface area contributed by atoms with E-state index in [4.69, 9.17) is 15.2 Å². The fourth-order valence-electron chi connectivity index (χ4n) is 3.69. The van der Waals surface area contributed by atoms with Crippen molar-refractivity contribution in [2.75, 3.05) is 38.7 Å². The van der Waals surface area contributed by atoms with Gasteiger partial charge in [-0.2, -0.15) is 0 Å². The van der Waals surface area contributed by atoms with Crippen LogP contribution in [0.25, 0.3) is 10.9 Å². The second kappa shape index (κ2) is 9.62. The number of likely N-dealkylation sites (tertiary alicyclic amines) is 1. The third-order valence-corrected chi connectivity index (χ3v) is 5.39. The van der Waals surface area contributed by atoms with Crippen LogP contribution >= 0.6 is 0 Å². The Hall–Kier alpha value is -3.07. The van der Waals surface area contributed by atoms with Crippen molar-refractivity contribution in [1.29, 1.82) is 0 Å². The molecule has 1 aliphatic rings. The fourth-order valence-corrected chi connectivity index (χ4v) is 3.69. The van der Waals surface area contributed by atoms with Crippen LogP contribution in [0.15, 0.2) is 18.2 Å². The molecule has 1 saturated heterocycles. The van der Waals surface area contributed by atoms with Crippen LogP contribution in [0.4, 0.5) is 5.69 Å². The molecule has 0 spiro atoms. The number of nitrogens with two attached hydrogens (primary N) is 1. The number of methoxy groups -OCH3 is 1. The molecule has 30 heavy (non-hydrogen) atoms. The van der Waals surface area contributed by atoms with Gasteiger partial charge in [-0.15, -0.1) is 0 Å². The first-order valence-electron chi connectivity index (χ1n) is 10.1. The highest BCUT2D eigenvalue weighted by atomic mass is 16.5. The predicted octanol–water partition coefficient (Wildman–Crippen LogP) is 1.88. The van der Waals surface area contributed by atoms with E-state index in [1.54, 1.807) is 32.2 Å². The van der Waals surface area contributed by atoms with Crippen molar-refractivity contribution in [3.8, 4) is 5.75 Å². The van der Waals surface area contributed by atoms with Gasteiger partial charge in [0.25, 0.3) is 0 Å². The van der Waals surface area contributed by atoms with Gasteiger partial charge in [0.2, 0.25) is 11.8 Å². The zero-order valence-electron chi connectivity index (χ0n) is 17.3. The molecule has 2 amide bonds. The molecule has 162 valence electrons. The third-order valence-electron chi connectivity index (χ3n) is 5.39. The summed E-state index contributed by atoms with van der Waals surface area (Å²) in [6.07, 6.45) is 1.69. The summed E-state index contributed by atoms with van der Waals surface area (Å²) < 4.78 is 10.4. The second-order valence-corrected chi connectivity index (χ2v) is 7.32. The molecular formula is C21H28N4O5. The van der Waals surface area contributed by atoms with E-state index in [0.29, 0.717) is 41.7 Å². The van der Waals surface area contributed by atoms with Gasteiger partial charge in [0.05, 0.1) is 19.4 Å². The minimum absolute atomic E-state index is 0.0802. The highest BCUT2D eigenvalue weighted by Crippen LogP contribution is 2.31. The van der Waals surface area contributed by atoms with Crippen LogP contribution in [0.1, 0.15) is 36.7 Å². The maximum Gasteiger partial charge on any atom is 0.356 e. The number of carbonyl (C=O) groups excluding carboxylic acids is 3. The molecule has 1 aliphatic heterocycles. The maximum atomic E-state index is 12.6. The van der Waals surface area contributed by atoms with E-state index >= 15 is 0 Å². The molecule has 3 rings (SSSR count). The number of hydrogen-bond acceptors (Lipinski definition) is 6. The van der Waals surface area contributed by atoms with E-state index < -0.39 is 5.97 Å². The number of nitrogens with zero attached hydrogens (tertiary/aromatic N) is 1. The number of primary amides is 1. The molecule has 0 saturated carbocycles. The number of aromatic amines is 1. The van der Waals surface area contributed by atoms with Crippen LogP contribution < -0.4 is 15.8 Å². The van der Waals surface area contributed by atoms with Gasteiger partial charge in [0.1, 0.15) is 11.4 Å². The Morgan fingerprint density at radius 3 is 2.63 bits per heavy atom. The lowest BCUT2D eigenvalue weighted by Crippen LogP contribution is -2.39. The van der Waals surface area contributed by atoms with Gasteiger partial charge in [-0.3, -0.25) is 9.59 Å². The number of amides is 2. The summed E-state index contributed by atoms with van der Waals surface area (Å²) >= 11 is 0. The summed E-state index contributed by atoms with van der Waals surface area (Å²) in [6, 6.07) is 5.32. The smallest absolute Gasteiger partial charge is 0.356 e. The Labute approximate surface area is 174 Å². The summed E-state index contributed by atoms with van der Waals surface area (Å²) in [6.45, 7) is 3.99. The van der Waals surface area contributed by atoms with Crippen LogP contribution in [0.3, 0.4) is 0 Å². The predicted molar refractivity (Wildman–Crippen MR) is 112 cm³/mol. The molecule has 9 nitrogen and oxygen atoms in total. The number of hydrogen-bond donors (Lipinski definition) is 3. The van der Waals surface area contributed by atoms with Crippen molar-refractivity contribution in [1.82, 2.24) is 9.88 Å². The van der Waals surface area contributed by atoms with Crippen LogP contribution in [0.2, 0.25) is 0 Å². The van der Waals surface area contributed by atoms with E-state index in [-0.39, 0.29) is 36.5 Å². The van der Waals surface area contributed by atoms with Gasteiger partial charge in [-0.25, -0.2) is 4.79 Å². The van der Waals surface area contributed by atoms with Crippen LogP contribution in [0.5, 0.6) is 5.75 Å². The monoisotopic (exact) mass is 416 g/mol. The Morgan fingerprint density at radius 1 is 1.27 bits per heavy atom. The summed E-state index contributed by atoms with van der Waals surface area (Å²) in [7, 11) is 1.56. The van der Waals surface area contributed by atoms with Crippen molar-refractivity contribution < 1.29 is 23.9 Å². The molecule has 0 radical (unpaired) electrons. The quantitative estimate of drug-likeness (QED) is 0.564. The second-order valence-electron chi connectivity index (χ2n) is 7.32. The molecule has 9 heteroatoms. The van der Waals surface area contributed by atoms with Crippen molar-refractivity contribution in [3.63, 3.8) is 0 Å². The zero-order valence-corrected chi connectivity index (χ0v) is 17.3. The van der Waals surface area contributed by atoms with Gasteiger partial charge in [0.15, 0.2) is 0 Å². The SMILES string of the molecule is CCOC(=O)c1[nH]c2ccc(OC)cc2c1NC(=O)CCN1CCC(C(N)=O)CC1. The number of nitrogens with one attached hydrogen (secondary N) is 2. The number of ether oxygens (including phenoxy) is 2. The molecule has 1 aromatic carbocycles. The Bertz CT molecular complexity index is 931. The van der Waals surface area contributed by atoms with Gasteiger partial charge in [0, 0.05) is 29.8 Å². The zero-order chi connectivity index (χ0) is 21.7. The minimum Gasteiger partial charge on any atom is -0.497 e. The van der Waals surface area contributed by atoms with Crippen LogP contribution in [0, 0.1) is 5.92 Å². The number of benzene rings is 1. The van der Waals surface area contributed by atoms with Crippen molar-refractivity contribution >= 4 is 34.4 Å². The standard InChI is InChI=1S/C21H28N4O5/c1-3-30-21(28)19-18(15-12-14(29-2)4-5-16(15)23-19)24-17(26)8-11-25-9-6-13(7-10-25)20(22)27/h4-5,12-13,23H,3,6-11H2,1-2H3,(H2,22,27)(H,24,26). The lowest BCUT2D eigenvalue weighted by molar-refractivity contribution is -0.123. The molecule has 1 fully saturated rings. The number of anilines is 1. The number of piperidine rings is 1. The lowest BCUT2D eigenvalue weighted by Gasteiger charge is -2.30. The Balaban J connectivity index is 1.70. The molecule has 0 bridgehead atoms. The third kappa shape index (κ3) is 4.91. The van der Waals surface area contributed by atoms with E-state index in [9.17, 15) is 14.4 Å². The average molecular weight is 416 g/mol. The van der Waals surface area contributed by atoms with Gasteiger partial charge >= 0.3 is 5.97 Å². The number of aromatic nitrogens is 1. The molecule has 4 N–H and O–H groups in total. The highest BCUT2D eigenvalue weighted by molar-refractivity contribution is 6.11. The first kappa shape index (κ1) is 21.6. The van der Waals surface area contributed by atoms with E-state index in [1.807, 2.05) is 0 Å². The molecule has 2 aromatic rings. The van der Waals surface area contributed by atoms with E-state index in [1.165, 1.54) is 0 Å². The fraction of sp³-hybridized carbons (Fsp3) is 0.476. The summed E-state index contributed by atoms with van der Waals surface area (Å²) in [5, 5.41) is 3.54. The number of esters is 1. The summed E-state index contributed by atoms with van der Waals surface area (Å²) in [5.41, 5.74) is 6.66. The van der Waals surface area contributed by atoms with Gasteiger partial charge in [-0.05, 0) is 51.1 Å². The Kier molecular flexibility index (Phi) is 6.94. The first-order chi connectivity index (χ1) is 14.4. The summed E-state index contributed by atoms with van der Waals surface area (Å²) in [5.74, 6) is -0.459. The summed E-state index contributed by atoms with van der Waals surface area (Å²) in [4.78, 5) is 41.5. The number of carbonyl (C=O) groups is 3. The van der Waals surface area contributed by atoms with Crippen molar-refractivity contribution in [2.45, 2.75) is 26.2 Å². The van der Waals surface area contributed by atoms with E-state index in [2.05, 4.69) is 15.2 Å². The Morgan fingerprint density at radius 2 is 2.00 bits per heavy atom.